The van der Waals surface area contributed by atoms with Gasteiger partial charge in [-0.3, -0.25) is 4.90 Å². The standard InChI is InChI=1S/C7H15NO2/c1-9-7(10-2)6-8-4-3-5-8/h7H,3-6H2,1-2H3. The molecule has 0 amide bonds. The van der Waals surface area contributed by atoms with Gasteiger partial charge in [-0.2, -0.15) is 0 Å². The molecule has 1 rings (SSSR count). The van der Waals surface area contributed by atoms with Crippen molar-refractivity contribution < 1.29 is 9.47 Å². The van der Waals surface area contributed by atoms with Crippen LogP contribution in [-0.4, -0.2) is 45.0 Å². The van der Waals surface area contributed by atoms with Crippen molar-refractivity contribution in [1.29, 1.82) is 0 Å². The molecule has 1 aliphatic rings. The summed E-state index contributed by atoms with van der Waals surface area (Å²) in [5, 5.41) is 0. The monoisotopic (exact) mass is 145 g/mol. The zero-order valence-electron chi connectivity index (χ0n) is 6.67. The number of hydrogen-bond donors (Lipinski definition) is 0. The maximum absolute atomic E-state index is 5.04. The Hall–Kier alpha value is -0.120. The molecule has 1 fully saturated rings. The molecule has 0 aromatic carbocycles. The van der Waals surface area contributed by atoms with Crippen molar-refractivity contribution in [3.63, 3.8) is 0 Å². The van der Waals surface area contributed by atoms with Crippen LogP contribution in [0.2, 0.25) is 0 Å². The highest BCUT2D eigenvalue weighted by molar-refractivity contribution is 4.69. The maximum atomic E-state index is 5.04. The summed E-state index contributed by atoms with van der Waals surface area (Å²) < 4.78 is 10.1. The molecule has 0 aromatic rings. The highest BCUT2D eigenvalue weighted by atomic mass is 16.7. The lowest BCUT2D eigenvalue weighted by atomic mass is 10.2. The SMILES string of the molecule is COC(CN1CCC1)OC. The van der Waals surface area contributed by atoms with Crippen LogP contribution in [0, 0.1) is 0 Å². The van der Waals surface area contributed by atoms with Crippen molar-refractivity contribution in [2.24, 2.45) is 0 Å². The molecule has 1 aliphatic heterocycles. The van der Waals surface area contributed by atoms with Gasteiger partial charge >= 0.3 is 0 Å². The van der Waals surface area contributed by atoms with Gasteiger partial charge in [0.1, 0.15) is 0 Å². The van der Waals surface area contributed by atoms with Gasteiger partial charge in [0.15, 0.2) is 6.29 Å². The van der Waals surface area contributed by atoms with Crippen LogP contribution in [-0.2, 0) is 9.47 Å². The van der Waals surface area contributed by atoms with Crippen LogP contribution in [0.15, 0.2) is 0 Å². The number of ether oxygens (including phenoxy) is 2. The highest BCUT2D eigenvalue weighted by Gasteiger charge is 2.17. The molecule has 10 heavy (non-hydrogen) atoms. The Balaban J connectivity index is 2.08. The Morgan fingerprint density at radius 1 is 1.30 bits per heavy atom. The van der Waals surface area contributed by atoms with Crippen molar-refractivity contribution in [2.45, 2.75) is 12.7 Å². The molecule has 0 aliphatic carbocycles. The third kappa shape index (κ3) is 1.94. The molecular formula is C7H15NO2. The third-order valence-electron chi connectivity index (χ3n) is 1.88. The Morgan fingerprint density at radius 2 is 1.90 bits per heavy atom. The van der Waals surface area contributed by atoms with Crippen LogP contribution in [0.4, 0.5) is 0 Å². The largest absolute Gasteiger partial charge is 0.355 e. The molecule has 0 saturated carbocycles. The summed E-state index contributed by atoms with van der Waals surface area (Å²) in [6.07, 6.45) is 1.28. The molecule has 3 nitrogen and oxygen atoms in total. The van der Waals surface area contributed by atoms with Gasteiger partial charge in [-0.05, 0) is 19.5 Å². The zero-order valence-corrected chi connectivity index (χ0v) is 6.67. The fraction of sp³-hybridized carbons (Fsp3) is 1.00. The topological polar surface area (TPSA) is 21.7 Å². The fourth-order valence-corrected chi connectivity index (χ4v) is 1.02. The molecule has 1 saturated heterocycles. The number of likely N-dealkylation sites (tertiary alicyclic amines) is 1. The van der Waals surface area contributed by atoms with Gasteiger partial charge in [0.05, 0.1) is 0 Å². The van der Waals surface area contributed by atoms with Crippen LogP contribution in [0.1, 0.15) is 6.42 Å². The van der Waals surface area contributed by atoms with E-state index >= 15 is 0 Å². The van der Waals surface area contributed by atoms with Crippen molar-refractivity contribution in [3.05, 3.63) is 0 Å². The molecule has 0 atom stereocenters. The second-order valence-electron chi connectivity index (χ2n) is 2.56. The number of nitrogens with zero attached hydrogens (tertiary/aromatic N) is 1. The van der Waals surface area contributed by atoms with Crippen LogP contribution in [0.25, 0.3) is 0 Å². The fourth-order valence-electron chi connectivity index (χ4n) is 1.02. The summed E-state index contributed by atoms with van der Waals surface area (Å²) in [7, 11) is 3.35. The molecular weight excluding hydrogens is 130 g/mol. The van der Waals surface area contributed by atoms with E-state index in [1.54, 1.807) is 14.2 Å². The average Bonchev–Trinajstić information content (AvgIpc) is 1.87. The van der Waals surface area contributed by atoms with E-state index in [0.717, 1.165) is 6.54 Å². The van der Waals surface area contributed by atoms with Gasteiger partial charge in [0.2, 0.25) is 0 Å². The van der Waals surface area contributed by atoms with Gasteiger partial charge in [-0.1, -0.05) is 0 Å². The predicted molar refractivity (Wildman–Crippen MR) is 38.9 cm³/mol. The van der Waals surface area contributed by atoms with Gasteiger partial charge < -0.3 is 9.47 Å². The minimum absolute atomic E-state index is 0.0414. The molecule has 0 unspecified atom stereocenters. The van der Waals surface area contributed by atoms with Crippen LogP contribution in [0.3, 0.4) is 0 Å². The molecule has 0 aromatic heterocycles. The first kappa shape index (κ1) is 7.98. The van der Waals surface area contributed by atoms with Gasteiger partial charge in [0.25, 0.3) is 0 Å². The van der Waals surface area contributed by atoms with Crippen molar-refractivity contribution in [3.8, 4) is 0 Å². The number of rotatable bonds is 4. The predicted octanol–water partition coefficient (Wildman–Crippen LogP) is 0.311. The normalized spacial score (nSPS) is 19.5. The molecule has 60 valence electrons. The molecule has 0 bridgehead atoms. The summed E-state index contributed by atoms with van der Waals surface area (Å²) in [5.41, 5.74) is 0. The summed E-state index contributed by atoms with van der Waals surface area (Å²) in [5.74, 6) is 0. The van der Waals surface area contributed by atoms with Gasteiger partial charge in [0, 0.05) is 20.8 Å². The van der Waals surface area contributed by atoms with Gasteiger partial charge in [-0.25, -0.2) is 0 Å². The first-order valence-electron chi connectivity index (χ1n) is 3.64. The molecule has 0 radical (unpaired) electrons. The van der Waals surface area contributed by atoms with Crippen molar-refractivity contribution in [2.75, 3.05) is 33.9 Å². The molecule has 0 spiro atoms. The van der Waals surface area contributed by atoms with E-state index in [1.165, 1.54) is 19.5 Å². The highest BCUT2D eigenvalue weighted by Crippen LogP contribution is 2.07. The lowest BCUT2D eigenvalue weighted by molar-refractivity contribution is -0.122. The maximum Gasteiger partial charge on any atom is 0.169 e. The van der Waals surface area contributed by atoms with E-state index in [2.05, 4.69) is 4.90 Å². The molecule has 1 heterocycles. The Labute approximate surface area is 61.9 Å². The van der Waals surface area contributed by atoms with Crippen LogP contribution < -0.4 is 0 Å². The van der Waals surface area contributed by atoms with E-state index in [4.69, 9.17) is 9.47 Å². The molecule has 3 heteroatoms. The lowest BCUT2D eigenvalue weighted by Gasteiger charge is -2.32. The second kappa shape index (κ2) is 3.91. The molecule has 0 N–H and O–H groups in total. The van der Waals surface area contributed by atoms with E-state index in [-0.39, 0.29) is 6.29 Å². The van der Waals surface area contributed by atoms with Crippen LogP contribution >= 0.6 is 0 Å². The van der Waals surface area contributed by atoms with E-state index in [1.807, 2.05) is 0 Å². The van der Waals surface area contributed by atoms with Gasteiger partial charge in [-0.15, -0.1) is 0 Å². The van der Waals surface area contributed by atoms with E-state index in [0.29, 0.717) is 0 Å². The lowest BCUT2D eigenvalue weighted by Crippen LogP contribution is -2.43. The average molecular weight is 145 g/mol. The summed E-state index contributed by atoms with van der Waals surface area (Å²) >= 11 is 0. The smallest absolute Gasteiger partial charge is 0.169 e. The Kier molecular flexibility index (Phi) is 3.12. The number of methoxy groups -OCH3 is 2. The summed E-state index contributed by atoms with van der Waals surface area (Å²) in [6.45, 7) is 3.31. The van der Waals surface area contributed by atoms with Crippen LogP contribution in [0.5, 0.6) is 0 Å². The number of hydrogen-bond acceptors (Lipinski definition) is 3. The van der Waals surface area contributed by atoms with E-state index in [9.17, 15) is 0 Å². The minimum Gasteiger partial charge on any atom is -0.355 e. The zero-order chi connectivity index (χ0) is 7.40. The van der Waals surface area contributed by atoms with Crippen molar-refractivity contribution in [1.82, 2.24) is 4.90 Å². The minimum atomic E-state index is -0.0414. The second-order valence-corrected chi connectivity index (χ2v) is 2.56. The first-order valence-corrected chi connectivity index (χ1v) is 3.64. The Morgan fingerprint density at radius 3 is 2.20 bits per heavy atom. The first-order chi connectivity index (χ1) is 4.86. The summed E-state index contributed by atoms with van der Waals surface area (Å²) in [6, 6.07) is 0. The quantitative estimate of drug-likeness (QED) is 0.531. The van der Waals surface area contributed by atoms with Crippen molar-refractivity contribution >= 4 is 0 Å². The third-order valence-corrected chi connectivity index (χ3v) is 1.88. The summed E-state index contributed by atoms with van der Waals surface area (Å²) in [4.78, 5) is 2.32. The van der Waals surface area contributed by atoms with E-state index < -0.39 is 0 Å². The Bertz CT molecular complexity index is 89.6.